The molecule has 2 N–H and O–H groups in total. The second-order valence-corrected chi connectivity index (χ2v) is 14.2. The van der Waals surface area contributed by atoms with Gasteiger partial charge in [0.1, 0.15) is 47.4 Å². The third-order valence-electron chi connectivity index (χ3n) is 9.23. The molecule has 5 rings (SSSR count). The van der Waals surface area contributed by atoms with Crippen molar-refractivity contribution < 1.29 is 32.3 Å². The molecule has 1 saturated heterocycles. The van der Waals surface area contributed by atoms with E-state index in [0.29, 0.717) is 24.3 Å². The van der Waals surface area contributed by atoms with Gasteiger partial charge >= 0.3 is 0 Å². The standard InChI is InChI=1S/C39H45F3N6O4/c1-25(43-5)36(49)45-35(39(2,3)4)38(51)48-22-33(52-32-16-12-29(42)13-17-32)20-31(48)21-46(19-18-26-6-8-27(40)9-7-26)37(50)34-23-47(24-44-34)30-14-10-28(41)11-15-30/h6-17,23-25,31,33,35,43H,18-22H2,1-5H3,(H,45,49)/t25-,31-,33-,35+/m0/s1. The first-order valence-corrected chi connectivity index (χ1v) is 17.3. The summed E-state index contributed by atoms with van der Waals surface area (Å²) < 4.78 is 48.8. The third-order valence-corrected chi connectivity index (χ3v) is 9.23. The van der Waals surface area contributed by atoms with Gasteiger partial charge in [0.05, 0.1) is 18.6 Å². The van der Waals surface area contributed by atoms with E-state index < -0.39 is 47.2 Å². The molecule has 0 unspecified atom stereocenters. The van der Waals surface area contributed by atoms with Crippen LogP contribution in [0.2, 0.25) is 0 Å². The van der Waals surface area contributed by atoms with E-state index >= 15 is 0 Å². The molecule has 1 aliphatic rings. The van der Waals surface area contributed by atoms with Gasteiger partial charge in [-0.1, -0.05) is 32.9 Å². The van der Waals surface area contributed by atoms with Crippen LogP contribution in [0, 0.1) is 22.9 Å². The maximum atomic E-state index is 14.5. The number of hydrogen-bond acceptors (Lipinski definition) is 6. The van der Waals surface area contributed by atoms with Gasteiger partial charge in [0, 0.05) is 31.4 Å². The van der Waals surface area contributed by atoms with Crippen LogP contribution in [-0.2, 0) is 16.0 Å². The van der Waals surface area contributed by atoms with Crippen molar-refractivity contribution >= 4 is 17.7 Å². The van der Waals surface area contributed by atoms with Crippen molar-refractivity contribution in [2.45, 2.75) is 64.8 Å². The first-order chi connectivity index (χ1) is 24.7. The highest BCUT2D eigenvalue weighted by Crippen LogP contribution is 2.29. The first kappa shape index (κ1) is 38.1. The van der Waals surface area contributed by atoms with Gasteiger partial charge in [-0.05, 0) is 92.0 Å². The van der Waals surface area contributed by atoms with Gasteiger partial charge in [0.25, 0.3) is 5.91 Å². The van der Waals surface area contributed by atoms with Gasteiger partial charge in [-0.3, -0.25) is 14.4 Å². The van der Waals surface area contributed by atoms with E-state index in [9.17, 15) is 27.6 Å². The summed E-state index contributed by atoms with van der Waals surface area (Å²) in [6.07, 6.45) is 3.26. The molecule has 0 spiro atoms. The summed E-state index contributed by atoms with van der Waals surface area (Å²) in [6, 6.07) is 15.4. The smallest absolute Gasteiger partial charge is 0.274 e. The number of aromatic nitrogens is 2. The van der Waals surface area contributed by atoms with Gasteiger partial charge in [-0.25, -0.2) is 18.2 Å². The molecule has 10 nitrogen and oxygen atoms in total. The number of nitrogens with one attached hydrogen (secondary N) is 2. The molecule has 1 aromatic heterocycles. The number of carbonyl (C=O) groups is 3. The Hall–Kier alpha value is -5.17. The third kappa shape index (κ3) is 9.58. The maximum Gasteiger partial charge on any atom is 0.274 e. The molecule has 0 bridgehead atoms. The predicted octanol–water partition coefficient (Wildman–Crippen LogP) is 5.16. The van der Waals surface area contributed by atoms with Crippen molar-refractivity contribution in [2.75, 3.05) is 26.7 Å². The lowest BCUT2D eigenvalue weighted by Crippen LogP contribution is -2.59. The van der Waals surface area contributed by atoms with Crippen LogP contribution in [0.3, 0.4) is 0 Å². The molecule has 52 heavy (non-hydrogen) atoms. The van der Waals surface area contributed by atoms with Gasteiger partial charge in [-0.2, -0.15) is 0 Å². The molecular weight excluding hydrogens is 673 g/mol. The second-order valence-electron chi connectivity index (χ2n) is 14.2. The minimum atomic E-state index is -0.905. The average molecular weight is 719 g/mol. The van der Waals surface area contributed by atoms with E-state index in [4.69, 9.17) is 4.74 Å². The number of imidazole rings is 1. The van der Waals surface area contributed by atoms with Gasteiger partial charge < -0.3 is 29.7 Å². The number of nitrogens with zero attached hydrogens (tertiary/aromatic N) is 4. The lowest BCUT2D eigenvalue weighted by Gasteiger charge is -2.37. The number of hydrogen-bond donors (Lipinski definition) is 2. The number of carbonyl (C=O) groups excluding carboxylic acids is 3. The molecular formula is C39H45F3N6O4. The summed E-state index contributed by atoms with van der Waals surface area (Å²) in [6.45, 7) is 7.77. The van der Waals surface area contributed by atoms with Crippen LogP contribution >= 0.6 is 0 Å². The molecule has 276 valence electrons. The van der Waals surface area contributed by atoms with E-state index in [0.717, 1.165) is 5.56 Å². The highest BCUT2D eigenvalue weighted by molar-refractivity contribution is 5.93. The summed E-state index contributed by atoms with van der Waals surface area (Å²) in [4.78, 5) is 49.4. The zero-order valence-corrected chi connectivity index (χ0v) is 30.0. The number of rotatable bonds is 13. The second kappa shape index (κ2) is 16.4. The Morgan fingerprint density at radius 1 is 0.942 bits per heavy atom. The predicted molar refractivity (Wildman–Crippen MR) is 190 cm³/mol. The largest absolute Gasteiger partial charge is 0.489 e. The van der Waals surface area contributed by atoms with Crippen molar-refractivity contribution in [1.82, 2.24) is 30.0 Å². The van der Waals surface area contributed by atoms with E-state index in [1.165, 1.54) is 54.9 Å². The summed E-state index contributed by atoms with van der Waals surface area (Å²) in [5, 5.41) is 5.83. The van der Waals surface area contributed by atoms with Crippen molar-refractivity contribution in [3.63, 3.8) is 0 Å². The maximum absolute atomic E-state index is 14.5. The van der Waals surface area contributed by atoms with E-state index in [1.54, 1.807) is 58.8 Å². The molecule has 4 atom stereocenters. The lowest BCUT2D eigenvalue weighted by atomic mass is 9.85. The zero-order valence-electron chi connectivity index (χ0n) is 30.0. The zero-order chi connectivity index (χ0) is 37.6. The van der Waals surface area contributed by atoms with Crippen LogP contribution in [0.5, 0.6) is 5.75 Å². The van der Waals surface area contributed by atoms with Crippen LogP contribution < -0.4 is 15.4 Å². The van der Waals surface area contributed by atoms with Crippen molar-refractivity contribution in [1.29, 1.82) is 0 Å². The first-order valence-electron chi connectivity index (χ1n) is 17.3. The Morgan fingerprint density at radius 2 is 1.54 bits per heavy atom. The Labute approximate surface area is 302 Å². The number of likely N-dealkylation sites (N-methyl/N-ethyl adjacent to an activating group) is 1. The van der Waals surface area contributed by atoms with E-state index in [1.807, 2.05) is 20.8 Å². The van der Waals surface area contributed by atoms with Gasteiger partial charge in [0.15, 0.2) is 0 Å². The highest BCUT2D eigenvalue weighted by Gasteiger charge is 2.44. The Bertz CT molecular complexity index is 1830. The fourth-order valence-electron chi connectivity index (χ4n) is 6.12. The number of benzene rings is 3. The number of amides is 3. The van der Waals surface area contributed by atoms with Gasteiger partial charge in [-0.15, -0.1) is 0 Å². The molecule has 0 radical (unpaired) electrons. The van der Waals surface area contributed by atoms with Crippen LogP contribution in [0.15, 0.2) is 85.3 Å². The molecule has 0 aliphatic carbocycles. The van der Waals surface area contributed by atoms with Crippen LogP contribution in [-0.4, -0.2) is 88.0 Å². The molecule has 2 heterocycles. The van der Waals surface area contributed by atoms with Crippen LogP contribution in [0.4, 0.5) is 13.2 Å². The molecule has 13 heteroatoms. The minimum Gasteiger partial charge on any atom is -0.489 e. The SMILES string of the molecule is CN[C@@H](C)C(=O)N[C@H](C(=O)N1C[C@@H](Oc2ccc(F)cc2)C[C@H]1CN(CCc1ccc(F)cc1)C(=O)c1cn(-c2ccc(F)cc2)cn1)C(C)(C)C. The lowest BCUT2D eigenvalue weighted by molar-refractivity contribution is -0.141. The number of ether oxygens (including phenoxy) is 1. The fourth-order valence-corrected chi connectivity index (χ4v) is 6.12. The number of halogens is 3. The Balaban J connectivity index is 1.46. The van der Waals surface area contributed by atoms with Crippen molar-refractivity contribution in [2.24, 2.45) is 5.41 Å². The normalized spacial score (nSPS) is 17.0. The Morgan fingerprint density at radius 3 is 2.13 bits per heavy atom. The summed E-state index contributed by atoms with van der Waals surface area (Å²) in [5.41, 5.74) is 0.884. The van der Waals surface area contributed by atoms with Crippen LogP contribution in [0.1, 0.15) is 50.2 Å². The minimum absolute atomic E-state index is 0.0934. The number of likely N-dealkylation sites (tertiary alicyclic amines) is 1. The molecule has 3 aromatic carbocycles. The molecule has 0 saturated carbocycles. The molecule has 1 fully saturated rings. The molecule has 3 amide bonds. The van der Waals surface area contributed by atoms with Crippen molar-refractivity contribution in [3.05, 3.63) is 114 Å². The Kier molecular flexibility index (Phi) is 12.0. The van der Waals surface area contributed by atoms with Crippen molar-refractivity contribution in [3.8, 4) is 11.4 Å². The molecule has 4 aromatic rings. The van der Waals surface area contributed by atoms with Gasteiger partial charge in [0.2, 0.25) is 11.8 Å². The topological polar surface area (TPSA) is 109 Å². The summed E-state index contributed by atoms with van der Waals surface area (Å²) >= 11 is 0. The van der Waals surface area contributed by atoms with E-state index in [-0.39, 0.29) is 43.0 Å². The quantitative estimate of drug-likeness (QED) is 0.198. The summed E-state index contributed by atoms with van der Waals surface area (Å²) in [5.74, 6) is -1.82. The van der Waals surface area contributed by atoms with Crippen LogP contribution in [0.25, 0.3) is 5.69 Å². The monoisotopic (exact) mass is 718 g/mol. The molecule has 1 aliphatic heterocycles. The summed E-state index contributed by atoms with van der Waals surface area (Å²) in [7, 11) is 1.66. The average Bonchev–Trinajstić information content (AvgIpc) is 3.77. The van der Waals surface area contributed by atoms with E-state index in [2.05, 4.69) is 15.6 Å². The fraction of sp³-hybridized carbons (Fsp3) is 0.385. The highest BCUT2D eigenvalue weighted by atomic mass is 19.1.